The number of aliphatic hydroxyl groups excluding tert-OH is 1. The third kappa shape index (κ3) is 7.34. The molecule has 11 nitrogen and oxygen atoms in total. The number of ether oxygens (including phenoxy) is 3. The summed E-state index contributed by atoms with van der Waals surface area (Å²) in [4.78, 5) is 24.2. The van der Waals surface area contributed by atoms with Crippen LogP contribution in [0.1, 0.15) is 36.1 Å². The van der Waals surface area contributed by atoms with Crippen LogP contribution in [0.5, 0.6) is 5.75 Å². The van der Waals surface area contributed by atoms with Gasteiger partial charge >= 0.3 is 6.09 Å². The first-order valence-electron chi connectivity index (χ1n) is 13.8. The molecule has 3 heterocycles. The van der Waals surface area contributed by atoms with Crippen molar-refractivity contribution in [3.63, 3.8) is 0 Å². The van der Waals surface area contributed by atoms with E-state index in [4.69, 9.17) is 40.3 Å². The Bertz CT molecular complexity index is 1330. The van der Waals surface area contributed by atoms with Crippen molar-refractivity contribution in [1.82, 2.24) is 25.3 Å². The number of carbonyl (C=O) groups excluding carboxylic acids is 1. The van der Waals surface area contributed by atoms with Crippen molar-refractivity contribution >= 4 is 17.7 Å². The summed E-state index contributed by atoms with van der Waals surface area (Å²) in [5.41, 5.74) is 4.52. The van der Waals surface area contributed by atoms with Gasteiger partial charge in [0, 0.05) is 24.3 Å². The number of hydrogen-bond acceptors (Lipinski definition) is 10. The van der Waals surface area contributed by atoms with Crippen molar-refractivity contribution in [2.45, 2.75) is 52.7 Å². The van der Waals surface area contributed by atoms with E-state index in [9.17, 15) is 9.90 Å². The summed E-state index contributed by atoms with van der Waals surface area (Å²) in [6.45, 7) is 9.73. The second-order valence-electron chi connectivity index (χ2n) is 9.99. The summed E-state index contributed by atoms with van der Waals surface area (Å²) in [7, 11) is 1.77. The van der Waals surface area contributed by atoms with E-state index in [2.05, 4.69) is 10.5 Å². The number of halogens is 1. The number of aromatic nitrogens is 3. The first kappa shape index (κ1) is 30.7. The lowest BCUT2D eigenvalue weighted by atomic mass is 9.99. The molecule has 1 aliphatic heterocycles. The molecule has 0 bridgehead atoms. The van der Waals surface area contributed by atoms with Crippen LogP contribution < -0.4 is 10.1 Å². The van der Waals surface area contributed by atoms with Gasteiger partial charge in [-0.25, -0.2) is 14.8 Å². The Balaban J connectivity index is 1.70. The number of amides is 1. The number of nitrogens with zero attached hydrogens (tertiary/aromatic N) is 4. The van der Waals surface area contributed by atoms with Crippen molar-refractivity contribution in [1.29, 1.82) is 0 Å². The van der Waals surface area contributed by atoms with Gasteiger partial charge in [-0.2, -0.15) is 0 Å². The maximum absolute atomic E-state index is 12.6. The fourth-order valence-electron chi connectivity index (χ4n) is 4.89. The van der Waals surface area contributed by atoms with E-state index in [1.54, 1.807) is 37.1 Å². The highest BCUT2D eigenvalue weighted by molar-refractivity contribution is 6.33. The van der Waals surface area contributed by atoms with Gasteiger partial charge in [-0.3, -0.25) is 0 Å². The van der Waals surface area contributed by atoms with Crippen LogP contribution in [0.3, 0.4) is 0 Å². The van der Waals surface area contributed by atoms with Crippen LogP contribution in [-0.4, -0.2) is 89.9 Å². The van der Waals surface area contributed by atoms with Gasteiger partial charge in [0.1, 0.15) is 24.2 Å². The largest absolute Gasteiger partial charge is 0.491 e. The average Bonchev–Trinajstić information content (AvgIpc) is 3.29. The Kier molecular flexibility index (Phi) is 10.5. The Morgan fingerprint density at radius 2 is 2.10 bits per heavy atom. The molecule has 1 aliphatic rings. The summed E-state index contributed by atoms with van der Waals surface area (Å²) < 4.78 is 22.3. The fraction of sp³-hybridized carbons (Fsp3) is 0.517. The molecule has 0 saturated carbocycles. The molecule has 2 aromatic heterocycles. The Hall–Kier alpha value is -3.25. The summed E-state index contributed by atoms with van der Waals surface area (Å²) >= 11 is 6.66. The molecule has 222 valence electrons. The first-order valence-corrected chi connectivity index (χ1v) is 14.2. The number of nitrogens with one attached hydrogen (secondary N) is 1. The number of benzene rings is 1. The Morgan fingerprint density at radius 1 is 1.29 bits per heavy atom. The summed E-state index contributed by atoms with van der Waals surface area (Å²) in [6, 6.07) is 5.10. The van der Waals surface area contributed by atoms with Gasteiger partial charge < -0.3 is 34.1 Å². The zero-order chi connectivity index (χ0) is 29.5. The number of morpholine rings is 1. The SMILES string of the molecule is CCOC(=O)N1CCOC[C@@H]1CCc1nc(-c2cc(OC[C@H](O)CNC)ccc2Cl)nc(-c2c(C)noc2C)c1C. The lowest BCUT2D eigenvalue weighted by Crippen LogP contribution is -2.49. The zero-order valence-electron chi connectivity index (χ0n) is 24.2. The monoisotopic (exact) mass is 587 g/mol. The molecule has 1 saturated heterocycles. The van der Waals surface area contributed by atoms with Crippen LogP contribution in [0.4, 0.5) is 4.79 Å². The highest BCUT2D eigenvalue weighted by atomic mass is 35.5. The lowest BCUT2D eigenvalue weighted by molar-refractivity contribution is -0.0103. The third-order valence-electron chi connectivity index (χ3n) is 7.02. The van der Waals surface area contributed by atoms with E-state index >= 15 is 0 Å². The summed E-state index contributed by atoms with van der Waals surface area (Å²) in [6.07, 6.45) is 0.189. The quantitative estimate of drug-likeness (QED) is 0.337. The van der Waals surface area contributed by atoms with E-state index in [1.807, 2.05) is 20.8 Å². The molecule has 0 radical (unpaired) electrons. The molecular formula is C29H38ClN5O6. The average molecular weight is 588 g/mol. The van der Waals surface area contributed by atoms with Gasteiger partial charge in [0.2, 0.25) is 0 Å². The van der Waals surface area contributed by atoms with Crippen LogP contribution >= 0.6 is 11.6 Å². The maximum atomic E-state index is 12.6. The van der Waals surface area contributed by atoms with Crippen molar-refractivity contribution in [3.05, 3.63) is 45.9 Å². The highest BCUT2D eigenvalue weighted by Crippen LogP contribution is 2.35. The molecule has 0 spiro atoms. The van der Waals surface area contributed by atoms with Crippen LogP contribution in [0, 0.1) is 20.8 Å². The Morgan fingerprint density at radius 3 is 2.80 bits per heavy atom. The minimum atomic E-state index is -0.662. The van der Waals surface area contributed by atoms with E-state index in [-0.39, 0.29) is 18.7 Å². The van der Waals surface area contributed by atoms with Crippen molar-refractivity contribution in [2.24, 2.45) is 0 Å². The minimum absolute atomic E-state index is 0.118. The number of likely N-dealkylation sites (N-methyl/N-ethyl adjacent to an activating group) is 1. The van der Waals surface area contributed by atoms with E-state index in [0.717, 1.165) is 22.5 Å². The minimum Gasteiger partial charge on any atom is -0.491 e. The van der Waals surface area contributed by atoms with Crippen LogP contribution in [0.25, 0.3) is 22.6 Å². The van der Waals surface area contributed by atoms with E-state index in [0.29, 0.717) is 79.4 Å². The molecule has 1 fully saturated rings. The first-order chi connectivity index (χ1) is 19.7. The van der Waals surface area contributed by atoms with Crippen LogP contribution in [-0.2, 0) is 15.9 Å². The molecule has 12 heteroatoms. The molecule has 4 rings (SSSR count). The smallest absolute Gasteiger partial charge is 0.410 e. The third-order valence-corrected chi connectivity index (χ3v) is 7.35. The molecule has 3 aromatic rings. The standard InChI is InChI=1S/C29H38ClN5O6/c1-6-39-29(37)35-11-12-38-15-20(35)7-10-25-17(2)27(26-18(3)34-41-19(26)4)33-28(32-25)23-13-22(8-9-24(23)30)40-16-21(36)14-31-5/h8-9,13,20-21,31,36H,6-7,10-12,14-16H2,1-5H3/t20-,21+/m0/s1. The lowest BCUT2D eigenvalue weighted by Gasteiger charge is -2.34. The molecular weight excluding hydrogens is 550 g/mol. The maximum Gasteiger partial charge on any atom is 0.410 e. The van der Waals surface area contributed by atoms with Gasteiger partial charge in [-0.1, -0.05) is 16.8 Å². The zero-order valence-corrected chi connectivity index (χ0v) is 25.0. The normalized spacial score (nSPS) is 16.1. The van der Waals surface area contributed by atoms with Crippen molar-refractivity contribution < 1.29 is 28.6 Å². The van der Waals surface area contributed by atoms with Gasteiger partial charge in [-0.05, 0) is 71.3 Å². The van der Waals surface area contributed by atoms with Gasteiger partial charge in [0.05, 0.1) is 47.8 Å². The predicted octanol–water partition coefficient (Wildman–Crippen LogP) is 4.13. The van der Waals surface area contributed by atoms with Gasteiger partial charge in [0.25, 0.3) is 0 Å². The van der Waals surface area contributed by atoms with E-state index < -0.39 is 6.10 Å². The van der Waals surface area contributed by atoms with E-state index in [1.165, 1.54) is 0 Å². The molecule has 1 amide bonds. The predicted molar refractivity (Wildman–Crippen MR) is 154 cm³/mol. The molecule has 0 aliphatic carbocycles. The number of carbonyl (C=O) groups is 1. The number of rotatable bonds is 11. The van der Waals surface area contributed by atoms with Gasteiger partial charge in [-0.15, -0.1) is 0 Å². The fourth-order valence-corrected chi connectivity index (χ4v) is 5.09. The number of aliphatic hydroxyl groups is 1. The summed E-state index contributed by atoms with van der Waals surface area (Å²) in [5.74, 6) is 1.61. The molecule has 41 heavy (non-hydrogen) atoms. The Labute approximate surface area is 245 Å². The highest BCUT2D eigenvalue weighted by Gasteiger charge is 2.29. The van der Waals surface area contributed by atoms with Crippen LogP contribution in [0.2, 0.25) is 5.02 Å². The topological polar surface area (TPSA) is 132 Å². The number of hydrogen-bond donors (Lipinski definition) is 2. The number of aryl methyl sites for hydroxylation is 3. The second kappa shape index (κ2) is 14.1. The second-order valence-corrected chi connectivity index (χ2v) is 10.4. The van der Waals surface area contributed by atoms with Crippen molar-refractivity contribution in [3.8, 4) is 28.4 Å². The molecule has 1 aromatic carbocycles. The van der Waals surface area contributed by atoms with Crippen molar-refractivity contribution in [2.75, 3.05) is 46.6 Å². The van der Waals surface area contributed by atoms with Gasteiger partial charge in [0.15, 0.2) is 5.82 Å². The summed E-state index contributed by atoms with van der Waals surface area (Å²) in [5, 5.41) is 17.6. The molecule has 0 unspecified atom stereocenters. The molecule has 2 N–H and O–H groups in total. The molecule has 2 atom stereocenters. The van der Waals surface area contributed by atoms with Crippen LogP contribution in [0.15, 0.2) is 22.7 Å².